The number of aromatic hydroxyl groups is 2. The monoisotopic (exact) mass is 288 g/mol. The van der Waals surface area contributed by atoms with Gasteiger partial charge >= 0.3 is 0 Å². The summed E-state index contributed by atoms with van der Waals surface area (Å²) in [5.74, 6) is 2.59. The first-order chi connectivity index (χ1) is 10.2. The van der Waals surface area contributed by atoms with Gasteiger partial charge in [0.1, 0.15) is 0 Å². The molecule has 2 N–H and O–H groups in total. The summed E-state index contributed by atoms with van der Waals surface area (Å²) in [7, 11) is 0. The molecular weight excluding hydrogens is 260 g/mol. The summed E-state index contributed by atoms with van der Waals surface area (Å²) in [5.41, 5.74) is 2.28. The summed E-state index contributed by atoms with van der Waals surface area (Å²) >= 11 is 0. The number of benzene rings is 1. The first-order valence-electron chi connectivity index (χ1n) is 8.71. The quantitative estimate of drug-likeness (QED) is 0.767. The molecule has 2 heteroatoms. The molecule has 0 bridgehead atoms. The molecule has 1 aromatic carbocycles. The summed E-state index contributed by atoms with van der Waals surface area (Å²) in [6.07, 6.45) is 11.5. The highest BCUT2D eigenvalue weighted by molar-refractivity contribution is 5.50. The minimum atomic E-state index is 0.0426. The second-order valence-corrected chi connectivity index (χ2v) is 7.16. The number of hydrogen-bond acceptors (Lipinski definition) is 2. The molecule has 1 aromatic rings. The molecule has 2 aliphatic rings. The Morgan fingerprint density at radius 2 is 1.81 bits per heavy atom. The van der Waals surface area contributed by atoms with Crippen molar-refractivity contribution >= 4 is 0 Å². The minimum Gasteiger partial charge on any atom is -0.504 e. The predicted molar refractivity (Wildman–Crippen MR) is 85.6 cm³/mol. The van der Waals surface area contributed by atoms with E-state index in [2.05, 4.69) is 6.92 Å². The van der Waals surface area contributed by atoms with Gasteiger partial charge in [-0.05, 0) is 55.1 Å². The average molecular weight is 288 g/mol. The molecule has 1 saturated carbocycles. The molecule has 2 nitrogen and oxygen atoms in total. The second kappa shape index (κ2) is 6.29. The fraction of sp³-hybridized carbons (Fsp3) is 0.684. The van der Waals surface area contributed by atoms with Crippen molar-refractivity contribution in [3.05, 3.63) is 23.3 Å². The molecule has 3 rings (SSSR count). The fourth-order valence-electron chi connectivity index (χ4n) is 4.60. The van der Waals surface area contributed by atoms with E-state index in [9.17, 15) is 10.2 Å². The van der Waals surface area contributed by atoms with Crippen molar-refractivity contribution in [1.82, 2.24) is 0 Å². The Hall–Kier alpha value is -1.18. The van der Waals surface area contributed by atoms with Gasteiger partial charge in [0, 0.05) is 5.56 Å². The van der Waals surface area contributed by atoms with E-state index in [1.807, 2.05) is 6.07 Å². The Kier molecular flexibility index (Phi) is 4.42. The van der Waals surface area contributed by atoms with Gasteiger partial charge in [-0.2, -0.15) is 0 Å². The van der Waals surface area contributed by atoms with Crippen LogP contribution in [0.15, 0.2) is 12.1 Å². The smallest absolute Gasteiger partial charge is 0.160 e. The molecule has 0 aromatic heterocycles. The molecule has 0 amide bonds. The van der Waals surface area contributed by atoms with E-state index in [0.717, 1.165) is 30.2 Å². The minimum absolute atomic E-state index is 0.0426. The zero-order valence-electron chi connectivity index (χ0n) is 13.1. The van der Waals surface area contributed by atoms with Crippen LogP contribution in [0.5, 0.6) is 11.5 Å². The van der Waals surface area contributed by atoms with Gasteiger partial charge in [0.25, 0.3) is 0 Å². The maximum Gasteiger partial charge on any atom is 0.160 e. The van der Waals surface area contributed by atoms with Crippen molar-refractivity contribution in [2.45, 2.75) is 64.7 Å². The van der Waals surface area contributed by atoms with Crippen molar-refractivity contribution in [1.29, 1.82) is 0 Å². The Labute approximate surface area is 128 Å². The van der Waals surface area contributed by atoms with Gasteiger partial charge in [0.15, 0.2) is 11.5 Å². The molecule has 1 unspecified atom stereocenters. The van der Waals surface area contributed by atoms with Gasteiger partial charge in [-0.3, -0.25) is 0 Å². The summed E-state index contributed by atoms with van der Waals surface area (Å²) in [6.45, 7) is 2.30. The van der Waals surface area contributed by atoms with Gasteiger partial charge in [-0.1, -0.05) is 45.1 Å². The summed E-state index contributed by atoms with van der Waals surface area (Å²) < 4.78 is 0. The Balaban J connectivity index is 1.76. The maximum absolute atomic E-state index is 10.1. The lowest BCUT2D eigenvalue weighted by Crippen LogP contribution is -2.28. The molecule has 0 spiro atoms. The molecule has 0 aliphatic heterocycles. The highest BCUT2D eigenvalue weighted by Crippen LogP contribution is 2.44. The van der Waals surface area contributed by atoms with Crippen LogP contribution in [0, 0.1) is 17.8 Å². The maximum atomic E-state index is 10.1. The van der Waals surface area contributed by atoms with E-state index in [0.29, 0.717) is 5.92 Å². The summed E-state index contributed by atoms with van der Waals surface area (Å²) in [6, 6.07) is 3.67. The molecule has 116 valence electrons. The zero-order valence-corrected chi connectivity index (χ0v) is 13.1. The van der Waals surface area contributed by atoms with Crippen LogP contribution < -0.4 is 0 Å². The molecule has 2 aliphatic carbocycles. The Bertz CT molecular complexity index is 495. The van der Waals surface area contributed by atoms with Crippen LogP contribution in [0.1, 0.15) is 63.0 Å². The Morgan fingerprint density at radius 3 is 2.62 bits per heavy atom. The molecule has 0 radical (unpaired) electrons. The van der Waals surface area contributed by atoms with Crippen LogP contribution in [0.2, 0.25) is 0 Å². The predicted octanol–water partition coefficient (Wildman–Crippen LogP) is 4.81. The molecular formula is C19H28O2. The highest BCUT2D eigenvalue weighted by Gasteiger charge is 2.32. The topological polar surface area (TPSA) is 40.5 Å². The molecule has 1 fully saturated rings. The van der Waals surface area contributed by atoms with E-state index in [1.54, 1.807) is 6.07 Å². The lowest BCUT2D eigenvalue weighted by atomic mass is 9.69. The van der Waals surface area contributed by atoms with E-state index in [-0.39, 0.29) is 11.5 Å². The highest BCUT2D eigenvalue weighted by atomic mass is 16.3. The lowest BCUT2D eigenvalue weighted by molar-refractivity contribution is 0.208. The molecule has 21 heavy (non-hydrogen) atoms. The zero-order chi connectivity index (χ0) is 14.8. The van der Waals surface area contributed by atoms with Crippen LogP contribution >= 0.6 is 0 Å². The van der Waals surface area contributed by atoms with Crippen molar-refractivity contribution < 1.29 is 10.2 Å². The standard InChI is InChI=1S/C19H28O2/c1-2-4-13-5-3-6-14-12-17-16(11-15(14)8-7-13)9-10-18(20)19(17)21/h9-10,13-15,20-21H,2-8,11-12H2,1H3/t13?,14-,15-/m1/s1. The summed E-state index contributed by atoms with van der Waals surface area (Å²) in [5, 5.41) is 19.8. The van der Waals surface area contributed by atoms with Gasteiger partial charge in [-0.25, -0.2) is 0 Å². The number of phenolic OH excluding ortho intramolecular Hbond substituents is 2. The number of fused-ring (bicyclic) bond motifs is 2. The van der Waals surface area contributed by atoms with Crippen molar-refractivity contribution in [2.75, 3.05) is 0 Å². The van der Waals surface area contributed by atoms with E-state index in [4.69, 9.17) is 0 Å². The first kappa shape index (κ1) is 14.7. The van der Waals surface area contributed by atoms with E-state index >= 15 is 0 Å². The van der Waals surface area contributed by atoms with Gasteiger partial charge < -0.3 is 10.2 Å². The van der Waals surface area contributed by atoms with Crippen LogP contribution in [-0.2, 0) is 12.8 Å². The molecule has 3 atom stereocenters. The Morgan fingerprint density at radius 1 is 1.00 bits per heavy atom. The number of hydrogen-bond donors (Lipinski definition) is 2. The second-order valence-electron chi connectivity index (χ2n) is 7.16. The number of phenols is 2. The van der Waals surface area contributed by atoms with Gasteiger partial charge in [0.2, 0.25) is 0 Å². The third-order valence-corrected chi connectivity index (χ3v) is 5.80. The third kappa shape index (κ3) is 3.04. The van der Waals surface area contributed by atoms with E-state index in [1.165, 1.54) is 50.5 Å². The SMILES string of the molecule is CCCC1CCC[C@@H]2Cc3c(ccc(O)c3O)C[C@H]2CC1. The van der Waals surface area contributed by atoms with Crippen molar-refractivity contribution in [3.63, 3.8) is 0 Å². The third-order valence-electron chi connectivity index (χ3n) is 5.80. The average Bonchev–Trinajstić information content (AvgIpc) is 2.46. The van der Waals surface area contributed by atoms with Crippen LogP contribution in [0.4, 0.5) is 0 Å². The first-order valence-corrected chi connectivity index (χ1v) is 8.71. The molecule has 0 heterocycles. The van der Waals surface area contributed by atoms with Gasteiger partial charge in [-0.15, -0.1) is 0 Å². The van der Waals surface area contributed by atoms with Gasteiger partial charge in [0.05, 0.1) is 0 Å². The fourth-order valence-corrected chi connectivity index (χ4v) is 4.60. The number of rotatable bonds is 2. The van der Waals surface area contributed by atoms with E-state index < -0.39 is 0 Å². The van der Waals surface area contributed by atoms with Crippen molar-refractivity contribution in [2.24, 2.45) is 17.8 Å². The largest absolute Gasteiger partial charge is 0.504 e. The van der Waals surface area contributed by atoms with Crippen LogP contribution in [0.25, 0.3) is 0 Å². The molecule has 0 saturated heterocycles. The van der Waals surface area contributed by atoms with Crippen LogP contribution in [0.3, 0.4) is 0 Å². The normalized spacial score (nSPS) is 29.1. The summed E-state index contributed by atoms with van der Waals surface area (Å²) in [4.78, 5) is 0. The van der Waals surface area contributed by atoms with Crippen LogP contribution in [-0.4, -0.2) is 10.2 Å². The lowest BCUT2D eigenvalue weighted by Gasteiger charge is -2.36. The van der Waals surface area contributed by atoms with Crippen molar-refractivity contribution in [3.8, 4) is 11.5 Å².